The van der Waals surface area contributed by atoms with Gasteiger partial charge in [0, 0.05) is 102 Å². The summed E-state index contributed by atoms with van der Waals surface area (Å²) in [4.78, 5) is 13.3. The van der Waals surface area contributed by atoms with Crippen molar-refractivity contribution in [2.75, 3.05) is 26.3 Å². The molecule has 4 aliphatic rings. The molecule has 0 radical (unpaired) electrons. The van der Waals surface area contributed by atoms with Crippen LogP contribution < -0.4 is 0 Å². The zero-order valence-electron chi connectivity index (χ0n) is 43.7. The number of benzene rings is 2. The summed E-state index contributed by atoms with van der Waals surface area (Å²) in [5.41, 5.74) is 1.72. The Kier molecular flexibility index (Phi) is 17.7. The summed E-state index contributed by atoms with van der Waals surface area (Å²) in [5.74, 6) is -1.81. The summed E-state index contributed by atoms with van der Waals surface area (Å²) in [6.07, 6.45) is 4.88. The number of alkyl halides is 2. The number of hydrogen-bond donors (Lipinski definition) is 0. The smallest absolute Gasteiger partial charge is 0.142 e. The Morgan fingerprint density at radius 3 is 1.68 bits per heavy atom. The normalized spacial score (nSPS) is 19.2. The molecule has 0 spiro atoms. The van der Waals surface area contributed by atoms with Crippen molar-refractivity contribution in [2.24, 2.45) is 0 Å². The minimum atomic E-state index is -1.55. The predicted octanol–water partition coefficient (Wildman–Crippen LogP) is 14.6. The maximum Gasteiger partial charge on any atom is 0.142 e. The first-order valence-corrected chi connectivity index (χ1v) is 34.4. The molecule has 4 aromatic rings. The Hall–Kier alpha value is -2.87. The fourth-order valence-corrected chi connectivity index (χ4v) is 12.6. The molecule has 4 atom stereocenters. The van der Waals surface area contributed by atoms with Crippen molar-refractivity contribution in [3.05, 3.63) is 125 Å². The van der Waals surface area contributed by atoms with E-state index in [1.807, 2.05) is 108 Å². The molecule has 0 fully saturated rings. The molecule has 72 heavy (non-hydrogen) atoms. The zero-order chi connectivity index (χ0) is 52.8. The first-order valence-electron chi connectivity index (χ1n) is 24.8. The fraction of sp³-hybridized carbons (Fsp3) is 0.519. The van der Waals surface area contributed by atoms with Gasteiger partial charge in [0.15, 0.2) is 0 Å². The highest BCUT2D eigenvalue weighted by molar-refractivity contribution is 14.1. The molecule has 0 amide bonds. The topological polar surface area (TPSA) is 60.6 Å². The molecule has 0 aliphatic carbocycles. The molecule has 0 N–H and O–H groups in total. The van der Waals surface area contributed by atoms with E-state index in [-0.39, 0.29) is 43.0 Å². The summed E-state index contributed by atoms with van der Waals surface area (Å²) in [6.45, 7) is 25.7. The fourth-order valence-electron chi connectivity index (χ4n) is 10.0. The Bertz CT molecular complexity index is 2790. The van der Waals surface area contributed by atoms with Crippen molar-refractivity contribution in [2.45, 2.75) is 155 Å². The summed E-state index contributed by atoms with van der Waals surface area (Å²) in [5, 5.41) is 0.948. The van der Waals surface area contributed by atoms with E-state index in [1.54, 1.807) is 6.20 Å². The maximum atomic E-state index is 15.5. The monoisotopic (exact) mass is 1260 g/mol. The van der Waals surface area contributed by atoms with E-state index in [2.05, 4.69) is 44.3 Å². The molecular formula is C54H70F6I2N6O2Si2. The molecular weight excluding hydrogens is 1190 g/mol. The minimum Gasteiger partial charge on any atom is -0.361 e. The Balaban J connectivity index is 0.000000211. The predicted molar refractivity (Wildman–Crippen MR) is 299 cm³/mol. The molecule has 4 unspecified atom stereocenters. The van der Waals surface area contributed by atoms with Gasteiger partial charge in [0.1, 0.15) is 59.5 Å². The highest BCUT2D eigenvalue weighted by Crippen LogP contribution is 2.47. The van der Waals surface area contributed by atoms with Crippen molar-refractivity contribution in [3.8, 4) is 11.4 Å². The summed E-state index contributed by atoms with van der Waals surface area (Å²) >= 11 is 3.81. The van der Waals surface area contributed by atoms with E-state index in [0.29, 0.717) is 45.6 Å². The lowest BCUT2D eigenvalue weighted by atomic mass is 9.86. The van der Waals surface area contributed by atoms with E-state index in [0.717, 1.165) is 51.3 Å². The van der Waals surface area contributed by atoms with Crippen molar-refractivity contribution in [3.63, 3.8) is 0 Å². The molecule has 8 rings (SSSR count). The molecule has 18 heteroatoms. The number of ether oxygens (including phenoxy) is 2. The average Bonchev–Trinajstić information content (AvgIpc) is 3.76. The van der Waals surface area contributed by atoms with Crippen molar-refractivity contribution in [1.82, 2.24) is 28.9 Å². The van der Waals surface area contributed by atoms with Crippen LogP contribution in [0, 0.1) is 30.4 Å². The number of fused-ring (bicyclic) bond motifs is 6. The number of hydrogen-bond acceptors (Lipinski definition) is 6. The summed E-state index contributed by atoms with van der Waals surface area (Å²) in [7, 11) is -2.51. The van der Waals surface area contributed by atoms with Crippen LogP contribution >= 0.6 is 45.2 Å². The second-order valence-corrected chi connectivity index (χ2v) is 37.0. The minimum absolute atomic E-state index is 0.0339. The number of aromatic nitrogens is 4. The molecule has 392 valence electrons. The lowest BCUT2D eigenvalue weighted by Crippen LogP contribution is -2.48. The van der Waals surface area contributed by atoms with Crippen molar-refractivity contribution < 1.29 is 35.8 Å². The van der Waals surface area contributed by atoms with Crippen LogP contribution in [0.25, 0.3) is 22.4 Å². The van der Waals surface area contributed by atoms with Crippen LogP contribution in [0.5, 0.6) is 0 Å². The molecule has 0 saturated heterocycles. The van der Waals surface area contributed by atoms with Gasteiger partial charge in [0.05, 0.1) is 17.8 Å². The van der Waals surface area contributed by atoms with Gasteiger partial charge in [-0.1, -0.05) is 39.3 Å². The lowest BCUT2D eigenvalue weighted by molar-refractivity contribution is 0.0524. The van der Waals surface area contributed by atoms with Gasteiger partial charge in [-0.2, -0.15) is 0 Å². The van der Waals surface area contributed by atoms with Gasteiger partial charge in [-0.25, -0.2) is 36.3 Å². The number of pyridine rings is 2. The standard InChI is InChI=1S/2C27H35F3IN3OSi/c1-17-12-20-19-8-7-9-33(16-35-10-11-36(4,5)6)26(19)32-24(20)25(34(17)15-27(2,3)30)23-21(28)13-18(31)14-22(23)29;1-17-12-20-19-8-7-9-32-26(19)34(16-35-10-11-36(4,5)6)24(20)25(33(17)15-27(2,3)30)23-21(28)13-18(31)14-22(23)29/h2*7-9,13-14,17,25H,10-12,15-16H2,1-6H3. The molecule has 0 bridgehead atoms. The van der Waals surface area contributed by atoms with Crippen LogP contribution in [-0.4, -0.2) is 94.8 Å². The molecule has 0 saturated carbocycles. The van der Waals surface area contributed by atoms with Crippen LogP contribution in [0.2, 0.25) is 51.4 Å². The van der Waals surface area contributed by atoms with Gasteiger partial charge < -0.3 is 18.6 Å². The van der Waals surface area contributed by atoms with Gasteiger partial charge in [0.25, 0.3) is 0 Å². The van der Waals surface area contributed by atoms with Crippen LogP contribution in [0.3, 0.4) is 0 Å². The van der Waals surface area contributed by atoms with E-state index in [9.17, 15) is 4.39 Å². The van der Waals surface area contributed by atoms with Crippen molar-refractivity contribution >= 4 is 72.4 Å². The van der Waals surface area contributed by atoms with E-state index in [1.165, 1.54) is 52.0 Å². The van der Waals surface area contributed by atoms with Gasteiger partial charge in [-0.15, -0.1) is 0 Å². The van der Waals surface area contributed by atoms with E-state index < -0.39 is 62.8 Å². The van der Waals surface area contributed by atoms with Gasteiger partial charge in [0.2, 0.25) is 0 Å². The Morgan fingerprint density at radius 2 is 1.17 bits per heavy atom. The van der Waals surface area contributed by atoms with E-state index in [4.69, 9.17) is 14.5 Å². The molecule has 2 aromatic carbocycles. The third-order valence-electron chi connectivity index (χ3n) is 13.4. The molecule has 8 nitrogen and oxygen atoms in total. The molecule has 6 heterocycles. The largest absolute Gasteiger partial charge is 0.361 e. The van der Waals surface area contributed by atoms with Crippen LogP contribution in [-0.2, 0) is 35.8 Å². The second-order valence-electron chi connectivity index (χ2n) is 23.3. The van der Waals surface area contributed by atoms with Crippen molar-refractivity contribution in [1.29, 1.82) is 0 Å². The summed E-state index contributed by atoms with van der Waals surface area (Å²) < 4.78 is 109. The maximum absolute atomic E-state index is 15.5. The van der Waals surface area contributed by atoms with E-state index >= 15 is 22.0 Å². The first kappa shape index (κ1) is 56.9. The quantitative estimate of drug-likeness (QED) is 0.0417. The molecule has 4 aliphatic heterocycles. The van der Waals surface area contributed by atoms with Gasteiger partial charge in [-0.05, 0) is 171 Å². The van der Waals surface area contributed by atoms with Gasteiger partial charge >= 0.3 is 0 Å². The van der Waals surface area contributed by atoms with Crippen LogP contribution in [0.15, 0.2) is 60.9 Å². The number of rotatable bonds is 16. The third kappa shape index (κ3) is 13.4. The number of halogens is 8. The summed E-state index contributed by atoms with van der Waals surface area (Å²) in [6, 6.07) is 13.3. The van der Waals surface area contributed by atoms with Gasteiger partial charge in [-0.3, -0.25) is 9.80 Å². The second kappa shape index (κ2) is 22.4. The lowest BCUT2D eigenvalue weighted by Gasteiger charge is -2.43. The molecule has 2 aromatic heterocycles. The Morgan fingerprint density at radius 1 is 0.681 bits per heavy atom. The highest BCUT2D eigenvalue weighted by Gasteiger charge is 2.44. The Labute approximate surface area is 451 Å². The third-order valence-corrected chi connectivity index (χ3v) is 18.0. The average molecular weight is 1260 g/mol. The number of nitrogens with zero attached hydrogens (tertiary/aromatic N) is 6. The highest BCUT2D eigenvalue weighted by atomic mass is 127. The SMILES string of the molecule is CC1Cc2c(n(COCC[Si](C)(C)C)c3ncccc23)C(c2c(F)cc(I)cc2F)N1CC(C)(C)F.CC1Cc2c3cccn(COCC[Si](C)(C)C)c-3nc2C(c2c(F)cc(I)cc2F)N1CC(C)(C)F. The first-order chi connectivity index (χ1) is 33.5. The van der Waals surface area contributed by atoms with Crippen LogP contribution in [0.4, 0.5) is 26.3 Å². The van der Waals surface area contributed by atoms with Crippen LogP contribution in [0.1, 0.15) is 87.3 Å². The zero-order valence-corrected chi connectivity index (χ0v) is 50.0.